The molecule has 0 saturated carbocycles. The summed E-state index contributed by atoms with van der Waals surface area (Å²) >= 11 is 0. The van der Waals surface area contributed by atoms with Crippen molar-refractivity contribution in [3.63, 3.8) is 0 Å². The summed E-state index contributed by atoms with van der Waals surface area (Å²) in [6.45, 7) is 4.12. The van der Waals surface area contributed by atoms with Crippen LogP contribution in [0.1, 0.15) is 13.3 Å². The zero-order valence-corrected chi connectivity index (χ0v) is 5.72. The van der Waals surface area contributed by atoms with Gasteiger partial charge in [0.15, 0.2) is 5.96 Å². The Balaban J connectivity index is 2.39. The highest BCUT2D eigenvalue weighted by atomic mass is 15.2. The van der Waals surface area contributed by atoms with Gasteiger partial charge in [0.2, 0.25) is 0 Å². The van der Waals surface area contributed by atoms with Crippen molar-refractivity contribution in [3.8, 4) is 0 Å². The van der Waals surface area contributed by atoms with E-state index in [1.54, 1.807) is 0 Å². The van der Waals surface area contributed by atoms with Gasteiger partial charge < -0.3 is 10.6 Å². The zero-order chi connectivity index (χ0) is 6.85. The number of nitrogens with two attached hydrogens (primary N) is 1. The van der Waals surface area contributed by atoms with Gasteiger partial charge in [-0.05, 0) is 12.3 Å². The molecule has 0 radical (unpaired) electrons. The molecular weight excluding hydrogens is 114 g/mol. The van der Waals surface area contributed by atoms with Crippen molar-refractivity contribution in [1.82, 2.24) is 4.90 Å². The van der Waals surface area contributed by atoms with Crippen LogP contribution in [0.2, 0.25) is 0 Å². The molecule has 52 valence electrons. The van der Waals surface area contributed by atoms with Gasteiger partial charge >= 0.3 is 0 Å². The molecule has 0 aromatic carbocycles. The van der Waals surface area contributed by atoms with Gasteiger partial charge in [-0.1, -0.05) is 6.92 Å². The summed E-state index contributed by atoms with van der Waals surface area (Å²) in [7, 11) is 0. The third kappa shape index (κ3) is 1.34. The molecule has 0 amide bonds. The van der Waals surface area contributed by atoms with Crippen molar-refractivity contribution in [2.24, 2.45) is 11.7 Å². The van der Waals surface area contributed by atoms with Crippen molar-refractivity contribution in [2.75, 3.05) is 13.1 Å². The van der Waals surface area contributed by atoms with Crippen molar-refractivity contribution in [2.45, 2.75) is 13.3 Å². The van der Waals surface area contributed by atoms with Crippen molar-refractivity contribution >= 4 is 5.96 Å². The molecule has 1 unspecified atom stereocenters. The van der Waals surface area contributed by atoms with Gasteiger partial charge in [-0.15, -0.1) is 0 Å². The Morgan fingerprint density at radius 2 is 2.44 bits per heavy atom. The molecule has 9 heavy (non-hydrogen) atoms. The molecule has 1 saturated heterocycles. The summed E-state index contributed by atoms with van der Waals surface area (Å²) in [4.78, 5) is 1.91. The number of hydrogen-bond donors (Lipinski definition) is 2. The molecule has 0 bridgehead atoms. The molecule has 1 fully saturated rings. The second kappa shape index (κ2) is 2.25. The molecule has 3 heteroatoms. The average Bonchev–Trinajstić information content (AvgIpc) is 2.14. The summed E-state index contributed by atoms with van der Waals surface area (Å²) in [6, 6.07) is 0. The van der Waals surface area contributed by atoms with Gasteiger partial charge in [-0.25, -0.2) is 0 Å². The zero-order valence-electron chi connectivity index (χ0n) is 5.72. The highest BCUT2D eigenvalue weighted by Gasteiger charge is 2.18. The quantitative estimate of drug-likeness (QED) is 0.361. The predicted molar refractivity (Wildman–Crippen MR) is 37.3 cm³/mol. The lowest BCUT2D eigenvalue weighted by Crippen LogP contribution is -2.34. The van der Waals surface area contributed by atoms with Gasteiger partial charge in [0.1, 0.15) is 0 Å². The molecule has 3 nitrogen and oxygen atoms in total. The number of nitrogens with zero attached hydrogens (tertiary/aromatic N) is 1. The number of guanidine groups is 1. The fourth-order valence-corrected chi connectivity index (χ4v) is 1.15. The van der Waals surface area contributed by atoms with Gasteiger partial charge in [0.05, 0.1) is 0 Å². The molecule has 1 heterocycles. The Bertz CT molecular complexity index is 121. The smallest absolute Gasteiger partial charge is 0.188 e. The third-order valence-electron chi connectivity index (χ3n) is 1.76. The van der Waals surface area contributed by atoms with E-state index in [-0.39, 0.29) is 5.96 Å². The van der Waals surface area contributed by atoms with E-state index in [0.29, 0.717) is 5.92 Å². The van der Waals surface area contributed by atoms with Gasteiger partial charge in [0, 0.05) is 13.1 Å². The monoisotopic (exact) mass is 127 g/mol. The summed E-state index contributed by atoms with van der Waals surface area (Å²) in [5.41, 5.74) is 5.27. The van der Waals surface area contributed by atoms with Crippen LogP contribution in [0.5, 0.6) is 0 Å². The molecule has 1 rings (SSSR count). The second-order valence-corrected chi connectivity index (χ2v) is 2.73. The molecule has 1 aliphatic rings. The lowest BCUT2D eigenvalue weighted by Gasteiger charge is -2.13. The Labute approximate surface area is 55.3 Å². The van der Waals surface area contributed by atoms with Gasteiger partial charge in [-0.2, -0.15) is 0 Å². The minimum atomic E-state index is 0.222. The van der Waals surface area contributed by atoms with Crippen LogP contribution in [-0.2, 0) is 0 Å². The summed E-state index contributed by atoms with van der Waals surface area (Å²) in [5, 5.41) is 7.09. The Morgan fingerprint density at radius 1 is 1.78 bits per heavy atom. The molecule has 3 N–H and O–H groups in total. The van der Waals surface area contributed by atoms with Crippen molar-refractivity contribution < 1.29 is 0 Å². The van der Waals surface area contributed by atoms with Crippen molar-refractivity contribution in [3.05, 3.63) is 0 Å². The lowest BCUT2D eigenvalue weighted by atomic mass is 10.2. The second-order valence-electron chi connectivity index (χ2n) is 2.73. The third-order valence-corrected chi connectivity index (χ3v) is 1.76. The standard InChI is InChI=1S/C6H13N3/c1-5-2-3-9(4-5)6(7)8/h5H,2-4H2,1H3,(H3,7,8). The van der Waals surface area contributed by atoms with Gasteiger partial charge in [0.25, 0.3) is 0 Å². The summed E-state index contributed by atoms with van der Waals surface area (Å²) in [5.74, 6) is 0.938. The first-order chi connectivity index (χ1) is 4.20. The van der Waals surface area contributed by atoms with E-state index in [2.05, 4.69) is 6.92 Å². The Hall–Kier alpha value is -0.730. The highest BCUT2D eigenvalue weighted by Crippen LogP contribution is 2.13. The number of rotatable bonds is 0. The molecule has 0 aromatic rings. The maximum atomic E-state index is 7.09. The van der Waals surface area contributed by atoms with Crippen LogP contribution < -0.4 is 5.73 Å². The average molecular weight is 127 g/mol. The first-order valence-electron chi connectivity index (χ1n) is 3.29. The van der Waals surface area contributed by atoms with E-state index in [4.69, 9.17) is 11.1 Å². The van der Waals surface area contributed by atoms with E-state index < -0.39 is 0 Å². The van der Waals surface area contributed by atoms with Crippen LogP contribution in [-0.4, -0.2) is 23.9 Å². The van der Waals surface area contributed by atoms with E-state index >= 15 is 0 Å². The Kier molecular flexibility index (Phi) is 1.60. The normalized spacial score (nSPS) is 26.8. The Morgan fingerprint density at radius 3 is 2.67 bits per heavy atom. The van der Waals surface area contributed by atoms with E-state index in [0.717, 1.165) is 13.1 Å². The van der Waals surface area contributed by atoms with E-state index in [1.807, 2.05) is 4.90 Å². The molecular formula is C6H13N3. The maximum Gasteiger partial charge on any atom is 0.188 e. The lowest BCUT2D eigenvalue weighted by molar-refractivity contribution is 0.486. The van der Waals surface area contributed by atoms with Gasteiger partial charge in [-0.3, -0.25) is 5.41 Å². The number of nitrogens with one attached hydrogen (secondary N) is 1. The van der Waals surface area contributed by atoms with Crippen LogP contribution >= 0.6 is 0 Å². The molecule has 0 aliphatic carbocycles. The minimum absolute atomic E-state index is 0.222. The molecule has 1 atom stereocenters. The first kappa shape index (κ1) is 6.39. The fourth-order valence-electron chi connectivity index (χ4n) is 1.15. The van der Waals surface area contributed by atoms with Crippen LogP contribution in [0.4, 0.5) is 0 Å². The molecule has 0 aromatic heterocycles. The van der Waals surface area contributed by atoms with Crippen LogP contribution in [0.15, 0.2) is 0 Å². The topological polar surface area (TPSA) is 53.1 Å². The predicted octanol–water partition coefficient (Wildman–Crippen LogP) is 0.222. The SMILES string of the molecule is CC1CCN(C(=N)N)C1. The van der Waals surface area contributed by atoms with Crippen molar-refractivity contribution in [1.29, 1.82) is 5.41 Å². The minimum Gasteiger partial charge on any atom is -0.370 e. The van der Waals surface area contributed by atoms with Crippen LogP contribution in [0.3, 0.4) is 0 Å². The summed E-state index contributed by atoms with van der Waals surface area (Å²) in [6.07, 6.45) is 1.18. The highest BCUT2D eigenvalue weighted by molar-refractivity contribution is 5.74. The largest absolute Gasteiger partial charge is 0.370 e. The van der Waals surface area contributed by atoms with E-state index in [1.165, 1.54) is 6.42 Å². The molecule has 1 aliphatic heterocycles. The van der Waals surface area contributed by atoms with Crippen LogP contribution in [0.25, 0.3) is 0 Å². The first-order valence-corrected chi connectivity index (χ1v) is 3.29. The fraction of sp³-hybridized carbons (Fsp3) is 0.833. The van der Waals surface area contributed by atoms with Crippen LogP contribution in [0, 0.1) is 11.3 Å². The van der Waals surface area contributed by atoms with E-state index in [9.17, 15) is 0 Å². The molecule has 0 spiro atoms. The number of likely N-dealkylation sites (tertiary alicyclic amines) is 1. The maximum absolute atomic E-state index is 7.09. The summed E-state index contributed by atoms with van der Waals surface area (Å²) < 4.78 is 0. The number of hydrogen-bond acceptors (Lipinski definition) is 1.